The number of likely N-dealkylation sites (tertiary alicyclic amines) is 1. The standard InChI is InChI=1S/C53H60ClF3N6O7S4/c1-4-48-52(72(3,65)66)50(51(63(48)5-2)37-14-16-39(54)17-15-37)38-10-9-11-43(34-38)62-32-30-61(31-33-62)42-20-18-40(19-21-42)59-74(69,70)46-22-23-47(49(35-46)73(67,68)53(55,56)57)58-41(36-71-45-12-7-6-8-13-45)24-27-60-28-25-44(64)26-29-60/h6-23,34-35,41,44,58-59,64H,4-5,24-33,36H2,1-3H3/t41-/m1/s1. The van der Waals surface area contributed by atoms with Crippen molar-refractivity contribution in [2.24, 2.45) is 0 Å². The Balaban J connectivity index is 0.975. The van der Waals surface area contributed by atoms with Crippen LogP contribution in [0, 0.1) is 0 Å². The number of nitrogens with one attached hydrogen (secondary N) is 2. The van der Waals surface area contributed by atoms with Gasteiger partial charge in [0.15, 0.2) is 9.84 Å². The molecule has 5 aromatic carbocycles. The second-order valence-corrected chi connectivity index (χ2v) is 25.6. The number of anilines is 4. The second-order valence-electron chi connectivity index (χ2n) is 18.5. The van der Waals surface area contributed by atoms with E-state index < -0.39 is 57.1 Å². The van der Waals surface area contributed by atoms with Gasteiger partial charge in [-0.1, -0.05) is 61.0 Å². The van der Waals surface area contributed by atoms with Gasteiger partial charge in [0.05, 0.1) is 27.3 Å². The lowest BCUT2D eigenvalue weighted by Crippen LogP contribution is -2.46. The molecule has 6 aromatic rings. The zero-order valence-corrected chi connectivity index (χ0v) is 45.2. The van der Waals surface area contributed by atoms with E-state index in [-0.39, 0.29) is 11.4 Å². The highest BCUT2D eigenvalue weighted by atomic mass is 35.5. The van der Waals surface area contributed by atoms with Crippen molar-refractivity contribution in [3.05, 3.63) is 132 Å². The molecule has 2 saturated heterocycles. The molecule has 0 radical (unpaired) electrons. The molecule has 13 nitrogen and oxygen atoms in total. The van der Waals surface area contributed by atoms with Crippen LogP contribution in [0.25, 0.3) is 22.4 Å². The van der Waals surface area contributed by atoms with Crippen LogP contribution in [-0.4, -0.2) is 115 Å². The predicted molar refractivity (Wildman–Crippen MR) is 291 cm³/mol. The largest absolute Gasteiger partial charge is 0.501 e. The maximum absolute atomic E-state index is 14.3. The number of halogens is 4. The van der Waals surface area contributed by atoms with E-state index in [1.54, 1.807) is 24.3 Å². The highest BCUT2D eigenvalue weighted by Gasteiger charge is 2.48. The summed E-state index contributed by atoms with van der Waals surface area (Å²) < 4.78 is 129. The normalized spacial score (nSPS) is 15.8. The predicted octanol–water partition coefficient (Wildman–Crippen LogP) is 10.3. The summed E-state index contributed by atoms with van der Waals surface area (Å²) in [5.41, 5.74) is -0.452. The van der Waals surface area contributed by atoms with Crippen molar-refractivity contribution >= 4 is 75.8 Å². The third-order valence-electron chi connectivity index (χ3n) is 13.5. The minimum atomic E-state index is -6.03. The molecule has 0 spiro atoms. The van der Waals surface area contributed by atoms with E-state index in [2.05, 4.69) is 29.3 Å². The molecule has 2 aliphatic heterocycles. The number of aliphatic hydroxyl groups is 1. The van der Waals surface area contributed by atoms with Crippen molar-refractivity contribution in [3.63, 3.8) is 0 Å². The first-order valence-corrected chi connectivity index (χ1v) is 30.6. The van der Waals surface area contributed by atoms with Gasteiger partial charge in [-0.2, -0.15) is 13.2 Å². The van der Waals surface area contributed by atoms with E-state index in [4.69, 9.17) is 11.6 Å². The Morgan fingerprint density at radius 1 is 0.757 bits per heavy atom. The summed E-state index contributed by atoms with van der Waals surface area (Å²) in [5.74, 6) is 0.366. The van der Waals surface area contributed by atoms with Crippen LogP contribution in [0.15, 0.2) is 141 Å². The van der Waals surface area contributed by atoms with E-state index in [1.807, 2.05) is 80.6 Å². The fraction of sp³-hybridized carbons (Fsp3) is 0.358. The quantitative estimate of drug-likeness (QED) is 0.0660. The number of benzene rings is 5. The number of hydrogen-bond donors (Lipinski definition) is 3. The third kappa shape index (κ3) is 12.5. The summed E-state index contributed by atoms with van der Waals surface area (Å²) >= 11 is 7.72. The maximum atomic E-state index is 14.3. The Bertz CT molecular complexity index is 3260. The molecule has 0 unspecified atom stereocenters. The van der Waals surface area contributed by atoms with Crippen molar-refractivity contribution in [1.82, 2.24) is 9.47 Å². The molecule has 21 heteroatoms. The van der Waals surface area contributed by atoms with E-state index >= 15 is 0 Å². The number of hydrogen-bond acceptors (Lipinski definition) is 12. The van der Waals surface area contributed by atoms with Crippen LogP contribution >= 0.6 is 23.4 Å². The lowest BCUT2D eigenvalue weighted by atomic mass is 10.00. The number of sulfonamides is 1. The Morgan fingerprint density at radius 2 is 1.41 bits per heavy atom. The summed E-state index contributed by atoms with van der Waals surface area (Å²) in [4.78, 5) is 5.86. The van der Waals surface area contributed by atoms with Gasteiger partial charge in [-0.05, 0) is 123 Å². The number of thioether (sulfide) groups is 1. The van der Waals surface area contributed by atoms with Gasteiger partial charge < -0.3 is 29.7 Å². The smallest absolute Gasteiger partial charge is 0.393 e. The molecule has 2 fully saturated rings. The first-order valence-electron chi connectivity index (χ1n) is 24.4. The van der Waals surface area contributed by atoms with Gasteiger partial charge >= 0.3 is 5.51 Å². The highest BCUT2D eigenvalue weighted by molar-refractivity contribution is 7.99. The van der Waals surface area contributed by atoms with Gasteiger partial charge in [-0.25, -0.2) is 25.3 Å². The topological polar surface area (TPSA) is 161 Å². The van der Waals surface area contributed by atoms with Crippen LogP contribution in [0.4, 0.5) is 35.9 Å². The van der Waals surface area contributed by atoms with Crippen LogP contribution in [0.2, 0.25) is 5.02 Å². The minimum absolute atomic E-state index is 0.115. The zero-order valence-electron chi connectivity index (χ0n) is 41.2. The van der Waals surface area contributed by atoms with Crippen LogP contribution in [0.3, 0.4) is 0 Å². The Kier molecular flexibility index (Phi) is 17.1. The fourth-order valence-electron chi connectivity index (χ4n) is 9.70. The SMILES string of the molecule is CCc1c(S(C)(=O)=O)c(-c2cccc(N3CCN(c4ccc(NS(=O)(=O)c5ccc(N[C@H](CCN6CCC(O)CC6)CSc6ccccc6)c(S(=O)(=O)C(F)(F)F)c5)cc4)CC3)c2)c(-c2ccc(Cl)cc2)n1CC. The van der Waals surface area contributed by atoms with Crippen molar-refractivity contribution in [2.75, 3.05) is 77.7 Å². The van der Waals surface area contributed by atoms with Crippen LogP contribution in [0.1, 0.15) is 38.8 Å². The van der Waals surface area contributed by atoms with Crippen LogP contribution in [0.5, 0.6) is 0 Å². The van der Waals surface area contributed by atoms with Gasteiger partial charge in [-0.3, -0.25) is 4.72 Å². The van der Waals surface area contributed by atoms with Gasteiger partial charge in [-0.15, -0.1) is 11.8 Å². The lowest BCUT2D eigenvalue weighted by molar-refractivity contribution is -0.0435. The van der Waals surface area contributed by atoms with Crippen molar-refractivity contribution in [1.29, 1.82) is 0 Å². The minimum Gasteiger partial charge on any atom is -0.393 e. The van der Waals surface area contributed by atoms with Crippen molar-refractivity contribution < 1.29 is 43.5 Å². The lowest BCUT2D eigenvalue weighted by Gasteiger charge is -2.37. The first kappa shape index (κ1) is 55.0. The number of piperazine rings is 1. The average Bonchev–Trinajstić information content (AvgIpc) is 3.73. The molecule has 2 aliphatic rings. The maximum Gasteiger partial charge on any atom is 0.501 e. The Morgan fingerprint density at radius 3 is 2.01 bits per heavy atom. The average molecular weight is 1110 g/mol. The van der Waals surface area contributed by atoms with Crippen molar-refractivity contribution in [2.45, 2.75) is 83.3 Å². The molecule has 8 rings (SSSR count). The van der Waals surface area contributed by atoms with E-state index in [0.717, 1.165) is 50.9 Å². The van der Waals surface area contributed by atoms with Gasteiger partial charge in [0.1, 0.15) is 4.90 Å². The number of sulfone groups is 2. The molecule has 1 atom stereocenters. The summed E-state index contributed by atoms with van der Waals surface area (Å²) in [6.45, 7) is 8.76. The fourth-order valence-corrected chi connectivity index (χ4v) is 14.2. The number of aromatic nitrogens is 1. The number of rotatable bonds is 19. The Hall–Kier alpha value is -5.22. The molecule has 0 amide bonds. The molecule has 74 heavy (non-hydrogen) atoms. The van der Waals surface area contributed by atoms with Crippen LogP contribution in [-0.2, 0) is 42.7 Å². The van der Waals surface area contributed by atoms with Gasteiger partial charge in [0.25, 0.3) is 19.9 Å². The first-order chi connectivity index (χ1) is 35.2. The molecule has 1 aromatic heterocycles. The number of piperidine rings is 1. The number of nitrogens with zero attached hydrogens (tertiary/aromatic N) is 4. The summed E-state index contributed by atoms with van der Waals surface area (Å²) in [7, 11) is -14.3. The third-order valence-corrected chi connectivity index (χ3v) is 19.0. The number of aliphatic hydroxyl groups excluding tert-OH is 1. The summed E-state index contributed by atoms with van der Waals surface area (Å²) in [6.07, 6.45) is 2.99. The second kappa shape index (κ2) is 22.9. The molecule has 396 valence electrons. The highest BCUT2D eigenvalue weighted by Crippen LogP contribution is 2.44. The van der Waals surface area contributed by atoms with E-state index in [0.29, 0.717) is 105 Å². The summed E-state index contributed by atoms with van der Waals surface area (Å²) in [5, 5.41) is 13.6. The van der Waals surface area contributed by atoms with E-state index in [1.165, 1.54) is 30.2 Å². The summed E-state index contributed by atoms with van der Waals surface area (Å²) in [6, 6.07) is 33.4. The van der Waals surface area contributed by atoms with Gasteiger partial charge in [0.2, 0.25) is 0 Å². The van der Waals surface area contributed by atoms with Crippen molar-refractivity contribution in [3.8, 4) is 22.4 Å². The number of alkyl halides is 3. The molecule has 0 bridgehead atoms. The van der Waals surface area contributed by atoms with E-state index in [9.17, 15) is 43.5 Å². The Labute approximate surface area is 441 Å². The zero-order chi connectivity index (χ0) is 53.0. The van der Waals surface area contributed by atoms with Gasteiger partial charge in [0, 0.05) is 109 Å². The monoisotopic (exact) mass is 1110 g/mol. The van der Waals surface area contributed by atoms with Crippen LogP contribution < -0.4 is 19.8 Å². The molecular weight excluding hydrogens is 1050 g/mol. The molecule has 0 aliphatic carbocycles. The molecular formula is C53H60ClF3N6O7S4. The molecule has 3 N–H and O–H groups in total. The molecule has 3 heterocycles. The molecule has 0 saturated carbocycles.